The minimum absolute atomic E-state index is 0. The Bertz CT molecular complexity index is 628. The lowest BCUT2D eigenvalue weighted by molar-refractivity contribution is 0.0958. The first kappa shape index (κ1) is 19.6. The highest BCUT2D eigenvalue weighted by Gasteiger charge is 2.13. The van der Waals surface area contributed by atoms with Gasteiger partial charge in [0.15, 0.2) is 0 Å². The summed E-state index contributed by atoms with van der Waals surface area (Å²) in [7, 11) is 0. The fourth-order valence-corrected chi connectivity index (χ4v) is 3.12. The van der Waals surface area contributed by atoms with Crippen molar-refractivity contribution >= 4 is 29.7 Å². The van der Waals surface area contributed by atoms with E-state index in [1.807, 2.05) is 13.0 Å². The van der Waals surface area contributed by atoms with Crippen LogP contribution in [0.4, 0.5) is 4.39 Å². The van der Waals surface area contributed by atoms with Gasteiger partial charge in [-0.3, -0.25) is 4.79 Å². The molecule has 0 unspecified atom stereocenters. The number of halogens is 2. The Morgan fingerprint density at radius 1 is 1.17 bits per heavy atom. The highest BCUT2D eigenvalue weighted by atomic mass is 35.5. The molecule has 0 radical (unpaired) electrons. The van der Waals surface area contributed by atoms with Crippen molar-refractivity contribution in [1.29, 1.82) is 0 Å². The number of carbonyl (C=O) groups is 1. The topological polar surface area (TPSA) is 41.1 Å². The highest BCUT2D eigenvalue weighted by Crippen LogP contribution is 2.31. The lowest BCUT2D eigenvalue weighted by atomic mass is 10.1. The number of hydrogen-bond donors (Lipinski definition) is 2. The van der Waals surface area contributed by atoms with E-state index in [0.717, 1.165) is 35.5 Å². The van der Waals surface area contributed by atoms with Crippen molar-refractivity contribution in [3.63, 3.8) is 0 Å². The van der Waals surface area contributed by atoms with Crippen LogP contribution < -0.4 is 10.6 Å². The van der Waals surface area contributed by atoms with E-state index in [4.69, 9.17) is 0 Å². The summed E-state index contributed by atoms with van der Waals surface area (Å²) in [5, 5.41) is 6.15. The molecule has 3 nitrogen and oxygen atoms in total. The zero-order valence-electron chi connectivity index (χ0n) is 13.3. The van der Waals surface area contributed by atoms with Gasteiger partial charge >= 0.3 is 0 Å². The summed E-state index contributed by atoms with van der Waals surface area (Å²) in [6.45, 7) is 6.43. The molecule has 6 heteroatoms. The summed E-state index contributed by atoms with van der Waals surface area (Å²) in [6.07, 6.45) is 1.08. The third kappa shape index (κ3) is 5.61. The second kappa shape index (κ2) is 9.65. The summed E-state index contributed by atoms with van der Waals surface area (Å²) < 4.78 is 13.0. The number of nitrogens with one attached hydrogen (secondary N) is 2. The third-order valence-corrected chi connectivity index (χ3v) is 4.36. The molecule has 2 N–H and O–H groups in total. The first-order chi connectivity index (χ1) is 10.6. The number of benzene rings is 1. The van der Waals surface area contributed by atoms with Crippen molar-refractivity contribution in [2.24, 2.45) is 0 Å². The lowest BCUT2D eigenvalue weighted by Gasteiger charge is -2.04. The molecule has 0 aliphatic heterocycles. The molecule has 0 saturated carbocycles. The molecular formula is C17H22ClFN2OS. The largest absolute Gasteiger partial charge is 0.350 e. The average Bonchev–Trinajstić information content (AvgIpc) is 2.90. The minimum atomic E-state index is -0.255. The van der Waals surface area contributed by atoms with E-state index in [2.05, 4.69) is 17.6 Å². The fourth-order valence-electron chi connectivity index (χ4n) is 2.16. The second-order valence-corrected chi connectivity index (χ2v) is 6.35. The van der Waals surface area contributed by atoms with E-state index in [9.17, 15) is 9.18 Å². The summed E-state index contributed by atoms with van der Waals surface area (Å²) in [6, 6.07) is 8.22. The molecule has 1 aromatic heterocycles. The van der Waals surface area contributed by atoms with Gasteiger partial charge in [-0.25, -0.2) is 4.39 Å². The van der Waals surface area contributed by atoms with Gasteiger partial charge in [-0.05, 0) is 49.2 Å². The molecule has 0 saturated heterocycles. The third-order valence-electron chi connectivity index (χ3n) is 3.31. The predicted molar refractivity (Wildman–Crippen MR) is 97.2 cm³/mol. The Morgan fingerprint density at radius 3 is 2.52 bits per heavy atom. The standard InChI is InChI=1S/C17H21FN2OS.ClH/c1-3-8-19-9-10-20-17(21)16-11-15(12(2)22-16)13-4-6-14(18)7-5-13;/h4-7,11,19H,3,8-10H2,1-2H3,(H,20,21);1H. The van der Waals surface area contributed by atoms with Crippen LogP contribution in [0.5, 0.6) is 0 Å². The monoisotopic (exact) mass is 356 g/mol. The summed E-state index contributed by atoms with van der Waals surface area (Å²) in [4.78, 5) is 13.9. The van der Waals surface area contributed by atoms with Gasteiger partial charge in [-0.1, -0.05) is 19.1 Å². The van der Waals surface area contributed by atoms with Gasteiger partial charge in [0.05, 0.1) is 4.88 Å². The normalized spacial score (nSPS) is 10.2. The molecule has 23 heavy (non-hydrogen) atoms. The van der Waals surface area contributed by atoms with E-state index in [-0.39, 0.29) is 24.1 Å². The maximum atomic E-state index is 13.0. The molecule has 0 spiro atoms. The molecule has 0 aliphatic carbocycles. The van der Waals surface area contributed by atoms with E-state index in [1.54, 1.807) is 12.1 Å². The Hall–Kier alpha value is -1.43. The second-order valence-electron chi connectivity index (χ2n) is 5.09. The van der Waals surface area contributed by atoms with Crippen molar-refractivity contribution in [2.45, 2.75) is 20.3 Å². The maximum absolute atomic E-state index is 13.0. The number of amides is 1. The zero-order chi connectivity index (χ0) is 15.9. The van der Waals surface area contributed by atoms with Gasteiger partial charge in [0, 0.05) is 18.0 Å². The first-order valence-corrected chi connectivity index (χ1v) is 8.28. The maximum Gasteiger partial charge on any atom is 0.261 e. The van der Waals surface area contributed by atoms with Crippen LogP contribution in [0.1, 0.15) is 27.9 Å². The molecule has 1 heterocycles. The Kier molecular flexibility index (Phi) is 8.23. The zero-order valence-corrected chi connectivity index (χ0v) is 15.0. The number of thiophene rings is 1. The van der Waals surface area contributed by atoms with Crippen LogP contribution in [-0.4, -0.2) is 25.5 Å². The van der Waals surface area contributed by atoms with Crippen LogP contribution in [0.3, 0.4) is 0 Å². The summed E-state index contributed by atoms with van der Waals surface area (Å²) in [5.74, 6) is -0.311. The minimum Gasteiger partial charge on any atom is -0.350 e. The Morgan fingerprint density at radius 2 is 1.87 bits per heavy atom. The summed E-state index contributed by atoms with van der Waals surface area (Å²) in [5.41, 5.74) is 1.91. The lowest BCUT2D eigenvalue weighted by Crippen LogP contribution is -2.31. The molecular weight excluding hydrogens is 335 g/mol. The SMILES string of the molecule is CCCNCCNC(=O)c1cc(-c2ccc(F)cc2)c(C)s1.Cl. The number of aryl methyl sites for hydroxylation is 1. The molecule has 0 fully saturated rings. The van der Waals surface area contributed by atoms with Crippen LogP contribution in [0.25, 0.3) is 11.1 Å². The highest BCUT2D eigenvalue weighted by molar-refractivity contribution is 7.14. The van der Waals surface area contributed by atoms with Crippen molar-refractivity contribution < 1.29 is 9.18 Å². The number of carbonyl (C=O) groups excluding carboxylic acids is 1. The van der Waals surface area contributed by atoms with Crippen molar-refractivity contribution in [2.75, 3.05) is 19.6 Å². The van der Waals surface area contributed by atoms with Crippen molar-refractivity contribution in [3.8, 4) is 11.1 Å². The van der Waals surface area contributed by atoms with Crippen molar-refractivity contribution in [3.05, 3.63) is 45.9 Å². The Labute approximate surface area is 146 Å². The Balaban J connectivity index is 0.00000264. The number of rotatable bonds is 7. The number of hydrogen-bond acceptors (Lipinski definition) is 3. The molecule has 0 atom stereocenters. The van der Waals surface area contributed by atoms with Crippen LogP contribution in [0.15, 0.2) is 30.3 Å². The fraction of sp³-hybridized carbons (Fsp3) is 0.353. The van der Waals surface area contributed by atoms with Crippen LogP contribution >= 0.6 is 23.7 Å². The van der Waals surface area contributed by atoms with Crippen LogP contribution in [0.2, 0.25) is 0 Å². The summed E-state index contributed by atoms with van der Waals surface area (Å²) >= 11 is 1.46. The first-order valence-electron chi connectivity index (χ1n) is 7.47. The van der Waals surface area contributed by atoms with Gasteiger partial charge in [0.2, 0.25) is 0 Å². The van der Waals surface area contributed by atoms with E-state index >= 15 is 0 Å². The molecule has 2 aromatic rings. The van der Waals surface area contributed by atoms with Crippen LogP contribution in [-0.2, 0) is 0 Å². The van der Waals surface area contributed by atoms with E-state index in [1.165, 1.54) is 23.5 Å². The van der Waals surface area contributed by atoms with E-state index < -0.39 is 0 Å². The molecule has 0 aliphatic rings. The quantitative estimate of drug-likeness (QED) is 0.736. The van der Waals surface area contributed by atoms with Gasteiger partial charge in [-0.15, -0.1) is 23.7 Å². The molecule has 1 aromatic carbocycles. The molecule has 1 amide bonds. The van der Waals surface area contributed by atoms with Crippen molar-refractivity contribution in [1.82, 2.24) is 10.6 Å². The van der Waals surface area contributed by atoms with Gasteiger partial charge < -0.3 is 10.6 Å². The van der Waals surface area contributed by atoms with Crippen LogP contribution in [0, 0.1) is 12.7 Å². The van der Waals surface area contributed by atoms with Gasteiger partial charge in [0.25, 0.3) is 5.91 Å². The molecule has 2 rings (SSSR count). The predicted octanol–water partition coefficient (Wildman–Crippen LogP) is 4.01. The van der Waals surface area contributed by atoms with Gasteiger partial charge in [0.1, 0.15) is 5.82 Å². The smallest absolute Gasteiger partial charge is 0.261 e. The average molecular weight is 357 g/mol. The van der Waals surface area contributed by atoms with E-state index in [0.29, 0.717) is 11.4 Å². The molecule has 0 bridgehead atoms. The molecule has 126 valence electrons. The van der Waals surface area contributed by atoms with Gasteiger partial charge in [-0.2, -0.15) is 0 Å².